The van der Waals surface area contributed by atoms with Gasteiger partial charge < -0.3 is 14.2 Å². The van der Waals surface area contributed by atoms with Crippen LogP contribution >= 0.6 is 15.9 Å². The molecule has 0 N–H and O–H groups in total. The molecule has 2 aromatic carbocycles. The minimum absolute atomic E-state index is 0.0378. The van der Waals surface area contributed by atoms with Crippen molar-refractivity contribution in [2.45, 2.75) is 20.0 Å². The van der Waals surface area contributed by atoms with Gasteiger partial charge in [-0.15, -0.1) is 0 Å². The van der Waals surface area contributed by atoms with E-state index in [0.717, 1.165) is 12.0 Å². The third-order valence-corrected chi connectivity index (χ3v) is 3.96. The molecule has 0 unspecified atom stereocenters. The van der Waals surface area contributed by atoms with Gasteiger partial charge in [-0.3, -0.25) is 0 Å². The van der Waals surface area contributed by atoms with Crippen molar-refractivity contribution in [3.05, 3.63) is 57.8 Å². The lowest BCUT2D eigenvalue weighted by atomic mass is 10.1. The molecular formula is C17H16BrFO4. The highest BCUT2D eigenvalue weighted by Gasteiger charge is 2.14. The van der Waals surface area contributed by atoms with Crippen LogP contribution in [0.2, 0.25) is 0 Å². The fraction of sp³-hybridized carbons (Fsp3) is 0.235. The molecule has 0 saturated carbocycles. The summed E-state index contributed by atoms with van der Waals surface area (Å²) in [5.74, 6) is 0.00521. The van der Waals surface area contributed by atoms with Crippen LogP contribution in [0.5, 0.6) is 11.5 Å². The van der Waals surface area contributed by atoms with Gasteiger partial charge in [-0.2, -0.15) is 0 Å². The predicted octanol–water partition coefficient (Wildman–Crippen LogP) is 4.87. The molecule has 122 valence electrons. The second-order valence-corrected chi connectivity index (χ2v) is 5.53. The zero-order valence-electron chi connectivity index (χ0n) is 12.8. The molecule has 4 nitrogen and oxygen atoms in total. The number of carbonyl (C=O) groups excluding carboxylic acids is 1. The first-order valence-electron chi connectivity index (χ1n) is 6.99. The number of halogens is 2. The van der Waals surface area contributed by atoms with Crippen molar-refractivity contribution >= 4 is 22.1 Å². The van der Waals surface area contributed by atoms with Gasteiger partial charge in [0.1, 0.15) is 12.4 Å². The summed E-state index contributed by atoms with van der Waals surface area (Å²) >= 11 is 3.37. The van der Waals surface area contributed by atoms with E-state index in [1.165, 1.54) is 13.2 Å². The smallest absolute Gasteiger partial charge is 0.486 e. The van der Waals surface area contributed by atoms with E-state index in [1.54, 1.807) is 24.3 Å². The molecule has 0 saturated heterocycles. The van der Waals surface area contributed by atoms with Crippen LogP contribution < -0.4 is 9.47 Å². The lowest BCUT2D eigenvalue weighted by molar-refractivity contribution is 0.120. The quantitative estimate of drug-likeness (QED) is 0.546. The second-order valence-electron chi connectivity index (χ2n) is 4.68. The first kappa shape index (κ1) is 17.3. The van der Waals surface area contributed by atoms with E-state index in [4.69, 9.17) is 9.47 Å². The van der Waals surface area contributed by atoms with Gasteiger partial charge in [0.05, 0.1) is 7.11 Å². The van der Waals surface area contributed by atoms with E-state index < -0.39 is 12.0 Å². The molecule has 2 aromatic rings. The Hall–Kier alpha value is -2.08. The van der Waals surface area contributed by atoms with Gasteiger partial charge in [-0.1, -0.05) is 35.0 Å². The molecule has 0 aliphatic rings. The Balaban J connectivity index is 2.18. The Labute approximate surface area is 142 Å². The largest absolute Gasteiger partial charge is 0.513 e. The third-order valence-electron chi connectivity index (χ3n) is 3.21. The third kappa shape index (κ3) is 4.45. The highest BCUT2D eigenvalue weighted by molar-refractivity contribution is 9.10. The number of benzene rings is 2. The van der Waals surface area contributed by atoms with Crippen LogP contribution in [0.3, 0.4) is 0 Å². The summed E-state index contributed by atoms with van der Waals surface area (Å²) in [7, 11) is 1.22. The maximum absolute atomic E-state index is 14.0. The topological polar surface area (TPSA) is 44.8 Å². The van der Waals surface area contributed by atoms with Crippen molar-refractivity contribution < 1.29 is 23.4 Å². The number of hydrogen-bond acceptors (Lipinski definition) is 4. The van der Waals surface area contributed by atoms with E-state index in [-0.39, 0.29) is 18.1 Å². The zero-order valence-corrected chi connectivity index (χ0v) is 14.4. The summed E-state index contributed by atoms with van der Waals surface area (Å²) in [6.07, 6.45) is -0.0822. The number of ether oxygens (including phenoxy) is 3. The Morgan fingerprint density at radius 2 is 2.00 bits per heavy atom. The maximum atomic E-state index is 14.0. The normalized spacial score (nSPS) is 10.3. The monoisotopic (exact) mass is 382 g/mol. The number of rotatable bonds is 5. The van der Waals surface area contributed by atoms with Crippen LogP contribution in [0.15, 0.2) is 40.9 Å². The summed E-state index contributed by atoms with van der Waals surface area (Å²) in [5.41, 5.74) is 1.47. The Kier molecular flexibility index (Phi) is 5.98. The highest BCUT2D eigenvalue weighted by Crippen LogP contribution is 2.29. The summed E-state index contributed by atoms with van der Waals surface area (Å²) in [6.45, 7) is 1.99. The molecular weight excluding hydrogens is 367 g/mol. The summed E-state index contributed by atoms with van der Waals surface area (Å²) < 4.78 is 29.7. The van der Waals surface area contributed by atoms with Gasteiger partial charge in [0.25, 0.3) is 0 Å². The van der Waals surface area contributed by atoms with Crippen molar-refractivity contribution in [2.75, 3.05) is 7.11 Å². The van der Waals surface area contributed by atoms with Gasteiger partial charge in [0.2, 0.25) is 0 Å². The lowest BCUT2D eigenvalue weighted by Gasteiger charge is -2.13. The molecule has 6 heteroatoms. The van der Waals surface area contributed by atoms with Crippen LogP contribution in [0.4, 0.5) is 9.18 Å². The van der Waals surface area contributed by atoms with Gasteiger partial charge in [-0.05, 0) is 36.2 Å². The number of methoxy groups -OCH3 is 1. The Morgan fingerprint density at radius 3 is 2.65 bits per heavy atom. The molecule has 0 aliphatic carbocycles. The molecule has 0 bridgehead atoms. The van der Waals surface area contributed by atoms with E-state index in [2.05, 4.69) is 20.7 Å². The number of carbonyl (C=O) groups is 1. The first-order chi connectivity index (χ1) is 11.0. The fourth-order valence-electron chi connectivity index (χ4n) is 1.94. The van der Waals surface area contributed by atoms with Crippen molar-refractivity contribution in [2.24, 2.45) is 0 Å². The van der Waals surface area contributed by atoms with Crippen LogP contribution in [0, 0.1) is 5.82 Å². The molecule has 0 aromatic heterocycles. The molecule has 0 spiro atoms. The summed E-state index contributed by atoms with van der Waals surface area (Å²) in [4.78, 5) is 11.3. The van der Waals surface area contributed by atoms with E-state index in [1.807, 2.05) is 13.0 Å². The SMILES string of the molecule is CCc1ccc(OCc2c(Br)cccc2OC(=O)OC)c(F)c1. The minimum Gasteiger partial charge on any atom is -0.486 e. The molecule has 0 radical (unpaired) electrons. The van der Waals surface area contributed by atoms with Crippen LogP contribution in [-0.2, 0) is 17.8 Å². The van der Waals surface area contributed by atoms with Gasteiger partial charge >= 0.3 is 6.16 Å². The average Bonchev–Trinajstić information content (AvgIpc) is 2.55. The molecule has 0 aliphatic heterocycles. The second kappa shape index (κ2) is 7.97. The summed E-state index contributed by atoms with van der Waals surface area (Å²) in [5, 5.41) is 0. The van der Waals surface area contributed by atoms with Gasteiger partial charge in [-0.25, -0.2) is 9.18 Å². The number of aryl methyl sites for hydroxylation is 1. The zero-order chi connectivity index (χ0) is 16.8. The van der Waals surface area contributed by atoms with Crippen LogP contribution in [0.1, 0.15) is 18.1 Å². The van der Waals surface area contributed by atoms with Crippen molar-refractivity contribution in [3.63, 3.8) is 0 Å². The van der Waals surface area contributed by atoms with Crippen molar-refractivity contribution in [1.82, 2.24) is 0 Å². The van der Waals surface area contributed by atoms with Gasteiger partial charge in [0, 0.05) is 10.0 Å². The van der Waals surface area contributed by atoms with E-state index in [9.17, 15) is 9.18 Å². The van der Waals surface area contributed by atoms with E-state index in [0.29, 0.717) is 10.0 Å². The van der Waals surface area contributed by atoms with Crippen molar-refractivity contribution in [1.29, 1.82) is 0 Å². The average molecular weight is 383 g/mol. The lowest BCUT2D eigenvalue weighted by Crippen LogP contribution is -2.10. The predicted molar refractivity (Wildman–Crippen MR) is 87.3 cm³/mol. The first-order valence-corrected chi connectivity index (χ1v) is 7.78. The fourth-order valence-corrected chi connectivity index (χ4v) is 2.40. The molecule has 0 fully saturated rings. The molecule has 0 atom stereocenters. The van der Waals surface area contributed by atoms with Crippen LogP contribution in [-0.4, -0.2) is 13.3 Å². The van der Waals surface area contributed by atoms with E-state index >= 15 is 0 Å². The Morgan fingerprint density at radius 1 is 1.22 bits per heavy atom. The molecule has 23 heavy (non-hydrogen) atoms. The maximum Gasteiger partial charge on any atom is 0.513 e. The highest BCUT2D eigenvalue weighted by atomic mass is 79.9. The van der Waals surface area contributed by atoms with Crippen molar-refractivity contribution in [3.8, 4) is 11.5 Å². The summed E-state index contributed by atoms with van der Waals surface area (Å²) in [6, 6.07) is 9.94. The number of hydrogen-bond donors (Lipinski definition) is 0. The standard InChI is InChI=1S/C17H16BrFO4/c1-3-11-7-8-16(14(19)9-11)22-10-12-13(18)5-4-6-15(12)23-17(20)21-2/h4-9H,3,10H2,1-2H3. The minimum atomic E-state index is -0.831. The van der Waals surface area contributed by atoms with Gasteiger partial charge in [0.15, 0.2) is 11.6 Å². The van der Waals surface area contributed by atoms with Crippen LogP contribution in [0.25, 0.3) is 0 Å². The molecule has 2 rings (SSSR count). The molecule has 0 amide bonds. The Bertz CT molecular complexity index is 703. The molecule has 0 heterocycles.